The molecule has 5 rings (SSSR count). The molecule has 0 fully saturated rings. The van der Waals surface area contributed by atoms with Gasteiger partial charge < -0.3 is 5.32 Å². The predicted octanol–water partition coefficient (Wildman–Crippen LogP) is 2.83. The third-order valence-electron chi connectivity index (χ3n) is 4.12. The van der Waals surface area contributed by atoms with E-state index in [0.29, 0.717) is 6.54 Å². The summed E-state index contributed by atoms with van der Waals surface area (Å²) in [5, 5.41) is 4.39. The minimum absolute atomic E-state index is 0.625. The van der Waals surface area contributed by atoms with Gasteiger partial charge in [-0.15, -0.1) is 0 Å². The first-order chi connectivity index (χ1) is 12.4. The lowest BCUT2D eigenvalue weighted by Crippen LogP contribution is -2.03. The van der Waals surface area contributed by atoms with E-state index in [1.165, 1.54) is 0 Å². The molecule has 5 heterocycles. The van der Waals surface area contributed by atoms with Crippen LogP contribution in [0.15, 0.2) is 61.6 Å². The number of hydrogen-bond donors (Lipinski definition) is 1. The van der Waals surface area contributed by atoms with Crippen molar-refractivity contribution < 1.29 is 0 Å². The summed E-state index contributed by atoms with van der Waals surface area (Å²) >= 11 is 0. The summed E-state index contributed by atoms with van der Waals surface area (Å²) in [6.07, 6.45) is 12.5. The second kappa shape index (κ2) is 5.48. The van der Waals surface area contributed by atoms with E-state index in [9.17, 15) is 0 Å². The van der Waals surface area contributed by atoms with E-state index >= 15 is 0 Å². The molecule has 1 N–H and O–H groups in total. The van der Waals surface area contributed by atoms with Gasteiger partial charge in [0.05, 0.1) is 17.9 Å². The summed E-state index contributed by atoms with van der Waals surface area (Å²) in [7, 11) is 0. The van der Waals surface area contributed by atoms with Crippen molar-refractivity contribution in [2.75, 3.05) is 5.32 Å². The monoisotopic (exact) mass is 327 g/mol. The van der Waals surface area contributed by atoms with Gasteiger partial charge in [-0.3, -0.25) is 19.4 Å². The Bertz CT molecular complexity index is 1200. The van der Waals surface area contributed by atoms with Crippen LogP contribution in [0.4, 0.5) is 5.82 Å². The molecule has 0 aliphatic carbocycles. The fourth-order valence-corrected chi connectivity index (χ4v) is 2.98. The molecule has 0 saturated heterocycles. The zero-order valence-corrected chi connectivity index (χ0v) is 13.2. The van der Waals surface area contributed by atoms with Gasteiger partial charge in [0.25, 0.3) is 0 Å². The van der Waals surface area contributed by atoms with Crippen molar-refractivity contribution in [2.45, 2.75) is 6.54 Å². The van der Waals surface area contributed by atoms with Crippen molar-refractivity contribution >= 4 is 33.4 Å². The molecule has 7 heteroatoms. The average Bonchev–Trinajstić information content (AvgIpc) is 3.07. The smallest absolute Gasteiger partial charge is 0.156 e. The van der Waals surface area contributed by atoms with Crippen LogP contribution >= 0.6 is 0 Å². The lowest BCUT2D eigenvalue weighted by atomic mass is 10.2. The zero-order valence-electron chi connectivity index (χ0n) is 13.2. The second-order valence-electron chi connectivity index (χ2n) is 5.68. The molecule has 5 aromatic heterocycles. The second-order valence-corrected chi connectivity index (χ2v) is 5.68. The molecule has 0 saturated carbocycles. The van der Waals surface area contributed by atoms with E-state index in [2.05, 4.69) is 20.3 Å². The Balaban J connectivity index is 1.74. The van der Waals surface area contributed by atoms with Crippen molar-refractivity contribution in [1.82, 2.24) is 29.3 Å². The minimum Gasteiger partial charge on any atom is -0.364 e. The van der Waals surface area contributed by atoms with Crippen molar-refractivity contribution in [2.24, 2.45) is 0 Å². The molecule has 25 heavy (non-hydrogen) atoms. The van der Waals surface area contributed by atoms with E-state index in [1.807, 2.05) is 35.0 Å². The Morgan fingerprint density at radius 2 is 1.84 bits per heavy atom. The lowest BCUT2D eigenvalue weighted by molar-refractivity contribution is 1.09. The first-order valence-corrected chi connectivity index (χ1v) is 7.88. The van der Waals surface area contributed by atoms with Crippen LogP contribution in [0.5, 0.6) is 0 Å². The summed E-state index contributed by atoms with van der Waals surface area (Å²) in [6, 6.07) is 5.89. The topological polar surface area (TPSA) is 80.9 Å². The highest BCUT2D eigenvalue weighted by Gasteiger charge is 2.14. The SMILES string of the molecule is c1cncc(CNc2nc3cnccc3c3nc4cnccn4c23)c1. The number of aromatic nitrogens is 6. The van der Waals surface area contributed by atoms with Crippen molar-refractivity contribution in [3.8, 4) is 0 Å². The quantitative estimate of drug-likeness (QED) is 0.549. The molecule has 7 nitrogen and oxygen atoms in total. The third-order valence-corrected chi connectivity index (χ3v) is 4.12. The first-order valence-electron chi connectivity index (χ1n) is 7.88. The maximum atomic E-state index is 4.77. The Kier molecular flexibility index (Phi) is 3.03. The van der Waals surface area contributed by atoms with Crippen molar-refractivity contribution in [1.29, 1.82) is 0 Å². The zero-order chi connectivity index (χ0) is 16.6. The van der Waals surface area contributed by atoms with Gasteiger partial charge >= 0.3 is 0 Å². The van der Waals surface area contributed by atoms with Gasteiger partial charge in [0.1, 0.15) is 11.0 Å². The maximum Gasteiger partial charge on any atom is 0.156 e. The lowest BCUT2D eigenvalue weighted by Gasteiger charge is -2.09. The summed E-state index contributed by atoms with van der Waals surface area (Å²) in [5.74, 6) is 0.762. The number of fused-ring (bicyclic) bond motifs is 5. The number of anilines is 1. The molecular weight excluding hydrogens is 314 g/mol. The Hall–Kier alpha value is -3.61. The van der Waals surface area contributed by atoms with E-state index in [-0.39, 0.29) is 0 Å². The highest BCUT2D eigenvalue weighted by atomic mass is 15.1. The number of nitrogens with zero attached hydrogens (tertiary/aromatic N) is 6. The largest absolute Gasteiger partial charge is 0.364 e. The van der Waals surface area contributed by atoms with Gasteiger partial charge in [-0.05, 0) is 17.7 Å². The molecule has 0 aliphatic rings. The number of imidazole rings is 1. The van der Waals surface area contributed by atoms with Crippen LogP contribution in [-0.4, -0.2) is 29.3 Å². The number of hydrogen-bond acceptors (Lipinski definition) is 6. The first kappa shape index (κ1) is 13.8. The highest BCUT2D eigenvalue weighted by Crippen LogP contribution is 2.29. The summed E-state index contributed by atoms with van der Waals surface area (Å²) < 4.78 is 2.00. The summed E-state index contributed by atoms with van der Waals surface area (Å²) in [4.78, 5) is 22.0. The Morgan fingerprint density at radius 1 is 0.920 bits per heavy atom. The van der Waals surface area contributed by atoms with Gasteiger partial charge in [0.2, 0.25) is 0 Å². The molecule has 0 radical (unpaired) electrons. The van der Waals surface area contributed by atoms with Crippen LogP contribution in [0.25, 0.3) is 27.6 Å². The van der Waals surface area contributed by atoms with Crippen LogP contribution in [-0.2, 0) is 6.54 Å². The number of pyridine rings is 3. The summed E-state index contributed by atoms with van der Waals surface area (Å²) in [5.41, 5.74) is 4.49. The molecule has 5 aromatic rings. The van der Waals surface area contributed by atoms with Crippen LogP contribution in [0.1, 0.15) is 5.56 Å². The highest BCUT2D eigenvalue weighted by molar-refractivity contribution is 6.07. The third kappa shape index (κ3) is 2.25. The van der Waals surface area contributed by atoms with Crippen molar-refractivity contribution in [3.63, 3.8) is 0 Å². The van der Waals surface area contributed by atoms with Crippen LogP contribution < -0.4 is 5.32 Å². The van der Waals surface area contributed by atoms with Crippen LogP contribution in [0, 0.1) is 0 Å². The van der Waals surface area contributed by atoms with Gasteiger partial charge in [0.15, 0.2) is 11.5 Å². The predicted molar refractivity (Wildman–Crippen MR) is 95.2 cm³/mol. The van der Waals surface area contributed by atoms with Crippen LogP contribution in [0.3, 0.4) is 0 Å². The molecule has 120 valence electrons. The van der Waals surface area contributed by atoms with Gasteiger partial charge in [-0.25, -0.2) is 9.97 Å². The Morgan fingerprint density at radius 3 is 2.76 bits per heavy atom. The van der Waals surface area contributed by atoms with Gasteiger partial charge in [0, 0.05) is 42.9 Å². The van der Waals surface area contributed by atoms with Crippen molar-refractivity contribution in [3.05, 3.63) is 67.1 Å². The maximum absolute atomic E-state index is 4.77. The fraction of sp³-hybridized carbons (Fsp3) is 0.0556. The molecule has 0 aromatic carbocycles. The molecule has 0 bridgehead atoms. The van der Waals surface area contributed by atoms with E-state index in [0.717, 1.165) is 39.0 Å². The number of nitrogens with one attached hydrogen (secondary N) is 1. The van der Waals surface area contributed by atoms with Crippen LogP contribution in [0.2, 0.25) is 0 Å². The molecular formula is C18H13N7. The van der Waals surface area contributed by atoms with E-state index in [4.69, 9.17) is 9.97 Å². The molecule has 0 amide bonds. The standard InChI is InChI=1S/C18H13N7/c1-2-12(8-19-4-1)9-22-18-17-16(13-3-5-20-10-14(13)23-18)24-15-11-21-6-7-25(15)17/h1-8,10-11H,9H2,(H,22,23). The Labute approximate surface area is 142 Å². The number of rotatable bonds is 3. The minimum atomic E-state index is 0.625. The van der Waals surface area contributed by atoms with Gasteiger partial charge in [-0.2, -0.15) is 0 Å². The normalized spacial score (nSPS) is 11.4. The average molecular weight is 327 g/mol. The summed E-state index contributed by atoms with van der Waals surface area (Å²) in [6.45, 7) is 0.625. The van der Waals surface area contributed by atoms with E-state index < -0.39 is 0 Å². The fourth-order valence-electron chi connectivity index (χ4n) is 2.98. The molecule has 0 unspecified atom stereocenters. The molecule has 0 aliphatic heterocycles. The molecule has 0 spiro atoms. The van der Waals surface area contributed by atoms with Gasteiger partial charge in [-0.1, -0.05) is 6.07 Å². The van der Waals surface area contributed by atoms with E-state index in [1.54, 1.807) is 31.0 Å². The molecule has 0 atom stereocenters.